The third kappa shape index (κ3) is 5.63. The fourth-order valence-electron chi connectivity index (χ4n) is 3.79. The summed E-state index contributed by atoms with van der Waals surface area (Å²) in [5, 5.41) is 3.71. The van der Waals surface area contributed by atoms with Gasteiger partial charge in [-0.15, -0.1) is 11.8 Å². The van der Waals surface area contributed by atoms with Crippen LogP contribution in [0.15, 0.2) is 58.2 Å². The number of benzene rings is 2. The zero-order valence-electron chi connectivity index (χ0n) is 21.0. The SMILES string of the molecule is COc1cc(OC)c2c(=O)[nH]c(-c3ccc(OCCNC(C)C)c(-c4cccc(SC)c4)n3)nc2c1. The van der Waals surface area contributed by atoms with Crippen LogP contribution in [0, 0.1) is 0 Å². The summed E-state index contributed by atoms with van der Waals surface area (Å²) in [5.41, 5.74) is 2.26. The molecule has 2 aromatic carbocycles. The molecule has 0 radical (unpaired) electrons. The van der Waals surface area contributed by atoms with E-state index in [1.54, 1.807) is 37.1 Å². The highest BCUT2D eigenvalue weighted by molar-refractivity contribution is 7.98. The van der Waals surface area contributed by atoms with Crippen LogP contribution in [0.2, 0.25) is 0 Å². The van der Waals surface area contributed by atoms with Crippen molar-refractivity contribution in [3.05, 3.63) is 58.9 Å². The molecule has 4 rings (SSSR count). The van der Waals surface area contributed by atoms with E-state index >= 15 is 0 Å². The summed E-state index contributed by atoms with van der Waals surface area (Å²) in [6.07, 6.45) is 2.03. The first kappa shape index (κ1) is 25.5. The van der Waals surface area contributed by atoms with Crippen molar-refractivity contribution < 1.29 is 14.2 Å². The molecule has 0 aliphatic carbocycles. The van der Waals surface area contributed by atoms with Crippen molar-refractivity contribution in [3.8, 4) is 40.0 Å². The molecule has 0 unspecified atom stereocenters. The van der Waals surface area contributed by atoms with Gasteiger partial charge in [-0.05, 0) is 30.5 Å². The van der Waals surface area contributed by atoms with E-state index in [4.69, 9.17) is 19.2 Å². The number of H-pyrrole nitrogens is 1. The molecule has 9 heteroatoms. The van der Waals surface area contributed by atoms with Crippen molar-refractivity contribution in [2.45, 2.75) is 24.8 Å². The second kappa shape index (κ2) is 11.5. The van der Waals surface area contributed by atoms with Crippen LogP contribution in [0.1, 0.15) is 13.8 Å². The van der Waals surface area contributed by atoms with Gasteiger partial charge in [-0.2, -0.15) is 0 Å². The Morgan fingerprint density at radius 3 is 2.58 bits per heavy atom. The highest BCUT2D eigenvalue weighted by atomic mass is 32.2. The van der Waals surface area contributed by atoms with Crippen LogP contribution < -0.4 is 25.1 Å². The van der Waals surface area contributed by atoms with Crippen LogP contribution >= 0.6 is 11.8 Å². The normalized spacial score (nSPS) is 11.2. The largest absolute Gasteiger partial charge is 0.497 e. The molecule has 188 valence electrons. The predicted octanol–water partition coefficient (Wildman–Crippen LogP) is 4.77. The number of fused-ring (bicyclic) bond motifs is 1. The van der Waals surface area contributed by atoms with Crippen molar-refractivity contribution >= 4 is 22.7 Å². The lowest BCUT2D eigenvalue weighted by molar-refractivity contribution is 0.309. The van der Waals surface area contributed by atoms with Gasteiger partial charge in [0.15, 0.2) is 5.82 Å². The number of pyridine rings is 1. The standard InChI is InChI=1S/C27H30N4O4S/c1-16(2)28-11-12-35-22-10-9-20(29-25(22)17-7-6-8-19(13-17)36-5)26-30-21-14-18(33-3)15-23(34-4)24(21)27(32)31-26/h6-10,13-16,28H,11-12H2,1-5H3,(H,30,31,32). The molecule has 0 saturated heterocycles. The first-order valence-corrected chi connectivity index (χ1v) is 12.8. The van der Waals surface area contributed by atoms with Crippen molar-refractivity contribution in [2.24, 2.45) is 0 Å². The quantitative estimate of drug-likeness (QED) is 0.235. The van der Waals surface area contributed by atoms with Crippen LogP contribution in [0.3, 0.4) is 0 Å². The Balaban J connectivity index is 1.80. The molecule has 0 saturated carbocycles. The van der Waals surface area contributed by atoms with E-state index in [1.807, 2.05) is 30.5 Å². The van der Waals surface area contributed by atoms with E-state index in [1.165, 1.54) is 7.11 Å². The van der Waals surface area contributed by atoms with E-state index < -0.39 is 0 Å². The lowest BCUT2D eigenvalue weighted by atomic mass is 10.1. The van der Waals surface area contributed by atoms with E-state index in [0.29, 0.717) is 64.6 Å². The van der Waals surface area contributed by atoms with Gasteiger partial charge < -0.3 is 24.5 Å². The molecule has 0 aliphatic rings. The topological polar surface area (TPSA) is 98.4 Å². The Hall–Kier alpha value is -3.56. The highest BCUT2D eigenvalue weighted by Gasteiger charge is 2.16. The third-order valence-electron chi connectivity index (χ3n) is 5.56. The van der Waals surface area contributed by atoms with Gasteiger partial charge in [0, 0.05) is 35.2 Å². The van der Waals surface area contributed by atoms with Gasteiger partial charge in [0.25, 0.3) is 5.56 Å². The second-order valence-corrected chi connectivity index (χ2v) is 9.25. The smallest absolute Gasteiger partial charge is 0.262 e. The average molecular weight is 507 g/mol. The molecule has 8 nitrogen and oxygen atoms in total. The molecular formula is C27H30N4O4S. The van der Waals surface area contributed by atoms with E-state index in [2.05, 4.69) is 35.2 Å². The Labute approximate surface area is 214 Å². The molecule has 2 aromatic heterocycles. The molecule has 0 spiro atoms. The summed E-state index contributed by atoms with van der Waals surface area (Å²) in [4.78, 5) is 26.6. The highest BCUT2D eigenvalue weighted by Crippen LogP contribution is 2.33. The van der Waals surface area contributed by atoms with Crippen LogP contribution in [-0.4, -0.2) is 54.6 Å². The van der Waals surface area contributed by atoms with Gasteiger partial charge in [0.05, 0.1) is 19.7 Å². The number of nitrogens with one attached hydrogen (secondary N) is 2. The molecule has 2 N–H and O–H groups in total. The summed E-state index contributed by atoms with van der Waals surface area (Å²) in [7, 11) is 3.06. The molecule has 0 bridgehead atoms. The molecular weight excluding hydrogens is 476 g/mol. The molecule has 0 atom stereocenters. The number of methoxy groups -OCH3 is 2. The summed E-state index contributed by atoms with van der Waals surface area (Å²) >= 11 is 1.66. The van der Waals surface area contributed by atoms with Crippen molar-refractivity contribution in [1.29, 1.82) is 0 Å². The van der Waals surface area contributed by atoms with Gasteiger partial charge in [0.1, 0.15) is 40.6 Å². The Bertz CT molecular complexity index is 1420. The molecule has 0 fully saturated rings. The van der Waals surface area contributed by atoms with Crippen LogP contribution in [0.4, 0.5) is 0 Å². The second-order valence-electron chi connectivity index (χ2n) is 8.37. The number of aromatic amines is 1. The summed E-state index contributed by atoms with van der Waals surface area (Å²) < 4.78 is 16.9. The summed E-state index contributed by atoms with van der Waals surface area (Å²) in [6, 6.07) is 15.5. The molecule has 0 amide bonds. The zero-order valence-corrected chi connectivity index (χ0v) is 21.9. The first-order chi connectivity index (χ1) is 17.4. The van der Waals surface area contributed by atoms with E-state index in [0.717, 1.165) is 10.5 Å². The minimum Gasteiger partial charge on any atom is -0.497 e. The number of nitrogens with zero attached hydrogens (tertiary/aromatic N) is 2. The predicted molar refractivity (Wildman–Crippen MR) is 145 cm³/mol. The van der Waals surface area contributed by atoms with Gasteiger partial charge in [0.2, 0.25) is 0 Å². The van der Waals surface area contributed by atoms with Crippen molar-refractivity contribution in [3.63, 3.8) is 0 Å². The number of ether oxygens (including phenoxy) is 3. The Morgan fingerprint density at radius 2 is 1.86 bits per heavy atom. The maximum atomic E-state index is 13.0. The number of hydrogen-bond acceptors (Lipinski definition) is 8. The average Bonchev–Trinajstić information content (AvgIpc) is 2.90. The number of rotatable bonds is 10. The van der Waals surface area contributed by atoms with Gasteiger partial charge >= 0.3 is 0 Å². The monoisotopic (exact) mass is 506 g/mol. The van der Waals surface area contributed by atoms with Crippen LogP contribution in [0.5, 0.6) is 17.2 Å². The van der Waals surface area contributed by atoms with Gasteiger partial charge in [-0.25, -0.2) is 9.97 Å². The zero-order chi connectivity index (χ0) is 25.7. The lowest BCUT2D eigenvalue weighted by Crippen LogP contribution is -2.27. The Kier molecular flexibility index (Phi) is 8.12. The maximum Gasteiger partial charge on any atom is 0.262 e. The number of hydrogen-bond donors (Lipinski definition) is 2. The Morgan fingerprint density at radius 1 is 1.03 bits per heavy atom. The van der Waals surface area contributed by atoms with E-state index in [9.17, 15) is 4.79 Å². The number of thioether (sulfide) groups is 1. The van der Waals surface area contributed by atoms with E-state index in [-0.39, 0.29) is 5.56 Å². The summed E-state index contributed by atoms with van der Waals surface area (Å²) in [5.74, 6) is 1.95. The molecule has 2 heterocycles. The number of aromatic nitrogens is 3. The fourth-order valence-corrected chi connectivity index (χ4v) is 4.25. The minimum absolute atomic E-state index is 0.317. The van der Waals surface area contributed by atoms with Crippen LogP contribution in [0.25, 0.3) is 33.7 Å². The van der Waals surface area contributed by atoms with Crippen molar-refractivity contribution in [1.82, 2.24) is 20.3 Å². The first-order valence-electron chi connectivity index (χ1n) is 11.6. The molecule has 4 aromatic rings. The minimum atomic E-state index is -0.317. The van der Waals surface area contributed by atoms with Crippen LogP contribution in [-0.2, 0) is 0 Å². The molecule has 0 aliphatic heterocycles. The summed E-state index contributed by atoms with van der Waals surface area (Å²) in [6.45, 7) is 5.41. The fraction of sp³-hybridized carbons (Fsp3) is 0.296. The third-order valence-corrected chi connectivity index (χ3v) is 6.28. The van der Waals surface area contributed by atoms with Crippen molar-refractivity contribution in [2.75, 3.05) is 33.6 Å². The maximum absolute atomic E-state index is 13.0. The molecule has 36 heavy (non-hydrogen) atoms. The van der Waals surface area contributed by atoms with Gasteiger partial charge in [-0.1, -0.05) is 26.0 Å². The van der Waals surface area contributed by atoms with Gasteiger partial charge in [-0.3, -0.25) is 4.79 Å². The lowest BCUT2D eigenvalue weighted by Gasteiger charge is -2.14.